The average molecular weight is 476 g/mol. The molecule has 1 aromatic rings. The highest BCUT2D eigenvalue weighted by atomic mass is 32.2. The topological polar surface area (TPSA) is 109 Å². The average Bonchev–Trinajstić information content (AvgIpc) is 2.75. The van der Waals surface area contributed by atoms with Gasteiger partial charge in [-0.25, -0.2) is 13.2 Å². The van der Waals surface area contributed by atoms with E-state index in [1.54, 1.807) is 11.1 Å². The Labute approximate surface area is 195 Å². The molecule has 2 atom stereocenters. The summed E-state index contributed by atoms with van der Waals surface area (Å²) in [7, 11) is -1.64. The number of allylic oxidation sites excluding steroid dienone is 1. The maximum atomic E-state index is 12.5. The summed E-state index contributed by atoms with van der Waals surface area (Å²) in [6, 6.07) is 3.63. The minimum Gasteiger partial charge on any atom is -0.489 e. The van der Waals surface area contributed by atoms with Crippen molar-refractivity contribution in [2.24, 2.45) is 0 Å². The monoisotopic (exact) mass is 475 g/mol. The predicted octanol–water partition coefficient (Wildman–Crippen LogP) is 3.68. The van der Waals surface area contributed by atoms with Gasteiger partial charge in [0.15, 0.2) is 9.84 Å². The number of amides is 1. The van der Waals surface area contributed by atoms with Gasteiger partial charge in [-0.1, -0.05) is 0 Å². The SMILES string of the molecule is COC(=O)N1c2ccc(/C(C=N)=C/NC3CCCS(=O)(=O)C3)c(OC3CCC3)c2CC[C@@H]1C. The quantitative estimate of drug-likeness (QED) is 0.608. The molecule has 8 nitrogen and oxygen atoms in total. The summed E-state index contributed by atoms with van der Waals surface area (Å²) in [4.78, 5) is 14.2. The lowest BCUT2D eigenvalue weighted by Gasteiger charge is -2.37. The Kier molecular flexibility index (Phi) is 6.97. The molecule has 1 saturated heterocycles. The largest absolute Gasteiger partial charge is 0.489 e. The number of nitrogens with one attached hydrogen (secondary N) is 2. The molecule has 0 aromatic heterocycles. The van der Waals surface area contributed by atoms with Crippen molar-refractivity contribution in [3.05, 3.63) is 29.5 Å². The van der Waals surface area contributed by atoms with E-state index in [1.807, 2.05) is 19.1 Å². The van der Waals surface area contributed by atoms with Crippen LogP contribution in [0.2, 0.25) is 0 Å². The number of hydrogen-bond donors (Lipinski definition) is 2. The summed E-state index contributed by atoms with van der Waals surface area (Å²) < 4.78 is 35.4. The fourth-order valence-electron chi connectivity index (χ4n) is 4.76. The van der Waals surface area contributed by atoms with E-state index in [4.69, 9.17) is 14.9 Å². The van der Waals surface area contributed by atoms with Gasteiger partial charge in [0.2, 0.25) is 0 Å². The molecule has 2 heterocycles. The van der Waals surface area contributed by atoms with Crippen molar-refractivity contribution in [3.63, 3.8) is 0 Å². The number of anilines is 1. The smallest absolute Gasteiger partial charge is 0.414 e. The highest BCUT2D eigenvalue weighted by Gasteiger charge is 2.33. The molecule has 0 radical (unpaired) electrons. The van der Waals surface area contributed by atoms with E-state index in [2.05, 4.69) is 5.32 Å². The number of methoxy groups -OCH3 is 1. The number of fused-ring (bicyclic) bond motifs is 1. The zero-order chi connectivity index (χ0) is 23.6. The number of hydrogen-bond acceptors (Lipinski definition) is 7. The summed E-state index contributed by atoms with van der Waals surface area (Å²) in [6.45, 7) is 2.01. The van der Waals surface area contributed by atoms with Gasteiger partial charge in [0.05, 0.1) is 30.4 Å². The second-order valence-corrected chi connectivity index (χ2v) is 11.4. The molecule has 180 valence electrons. The lowest BCUT2D eigenvalue weighted by atomic mass is 9.91. The molecule has 2 N–H and O–H groups in total. The Morgan fingerprint density at radius 1 is 1.21 bits per heavy atom. The molecule has 0 spiro atoms. The molecule has 1 aliphatic carbocycles. The van der Waals surface area contributed by atoms with Crippen molar-refractivity contribution in [1.82, 2.24) is 5.32 Å². The van der Waals surface area contributed by atoms with Crippen LogP contribution in [0.25, 0.3) is 5.57 Å². The number of carbonyl (C=O) groups excluding carboxylic acids is 1. The molecule has 2 aliphatic heterocycles. The summed E-state index contributed by atoms with van der Waals surface area (Å²) in [5, 5.41) is 11.3. The molecule has 9 heteroatoms. The molecule has 3 aliphatic rings. The Morgan fingerprint density at radius 3 is 2.64 bits per heavy atom. The molecule has 1 aromatic carbocycles. The number of sulfone groups is 1. The zero-order valence-corrected chi connectivity index (χ0v) is 20.1. The number of nitrogens with zero attached hydrogens (tertiary/aromatic N) is 1. The van der Waals surface area contributed by atoms with Crippen LogP contribution < -0.4 is 15.0 Å². The molecule has 2 fully saturated rings. The molecule has 0 bridgehead atoms. The molecule has 4 rings (SSSR count). The Hall–Kier alpha value is -2.55. The van der Waals surface area contributed by atoms with Crippen molar-refractivity contribution in [3.8, 4) is 5.75 Å². The van der Waals surface area contributed by atoms with Crippen molar-refractivity contribution in [2.75, 3.05) is 23.5 Å². The second-order valence-electron chi connectivity index (χ2n) is 9.20. The normalized spacial score (nSPS) is 24.9. The first-order chi connectivity index (χ1) is 15.8. The molecule has 1 saturated carbocycles. The van der Waals surface area contributed by atoms with Crippen molar-refractivity contribution < 1.29 is 22.7 Å². The van der Waals surface area contributed by atoms with Crippen LogP contribution in [0.4, 0.5) is 10.5 Å². The number of ether oxygens (including phenoxy) is 2. The summed E-state index contributed by atoms with van der Waals surface area (Å²) in [5.41, 5.74) is 3.14. The molecular formula is C24H33N3O5S. The van der Waals surface area contributed by atoms with E-state index in [0.717, 1.165) is 55.3 Å². The highest BCUT2D eigenvalue weighted by molar-refractivity contribution is 7.91. The van der Waals surface area contributed by atoms with Gasteiger partial charge >= 0.3 is 6.09 Å². The zero-order valence-electron chi connectivity index (χ0n) is 19.3. The summed E-state index contributed by atoms with van der Waals surface area (Å²) in [5.74, 6) is 1.06. The van der Waals surface area contributed by atoms with Gasteiger partial charge in [-0.2, -0.15) is 0 Å². The first kappa shape index (κ1) is 23.6. The van der Waals surface area contributed by atoms with Gasteiger partial charge in [0, 0.05) is 41.2 Å². The standard InChI is InChI=1S/C24H33N3O5S/c1-16-8-9-21-22(27(16)24(28)31-2)11-10-20(23(21)32-19-6-3-7-19)17(13-25)14-26-18-5-4-12-33(29,30)15-18/h10-11,13-14,16,18-19,25-26H,3-9,12,15H2,1-2H3/b17-14+,25-13?/t16-,18?/m0/s1. The van der Waals surface area contributed by atoms with Crippen LogP contribution in [0, 0.1) is 5.41 Å². The van der Waals surface area contributed by atoms with E-state index >= 15 is 0 Å². The Balaban J connectivity index is 1.70. The summed E-state index contributed by atoms with van der Waals surface area (Å²) in [6.07, 6.45) is 8.81. The Morgan fingerprint density at radius 2 is 2.00 bits per heavy atom. The van der Waals surface area contributed by atoms with Crippen LogP contribution in [0.3, 0.4) is 0 Å². The third-order valence-electron chi connectivity index (χ3n) is 6.86. The lowest BCUT2D eigenvalue weighted by molar-refractivity contribution is 0.118. The van der Waals surface area contributed by atoms with Crippen molar-refractivity contribution in [2.45, 2.75) is 70.1 Å². The fraction of sp³-hybridized carbons (Fsp3) is 0.583. The molecule has 1 unspecified atom stereocenters. The second kappa shape index (κ2) is 9.75. The number of rotatable bonds is 6. The lowest BCUT2D eigenvalue weighted by Crippen LogP contribution is -2.42. The van der Waals surface area contributed by atoms with Crippen LogP contribution >= 0.6 is 0 Å². The molecular weight excluding hydrogens is 442 g/mol. The summed E-state index contributed by atoms with van der Waals surface area (Å²) >= 11 is 0. The molecule has 1 amide bonds. The first-order valence-corrected chi connectivity index (χ1v) is 13.5. The maximum absolute atomic E-state index is 12.5. The van der Waals surface area contributed by atoms with Gasteiger partial charge in [0.1, 0.15) is 5.75 Å². The van der Waals surface area contributed by atoms with Crippen molar-refractivity contribution >= 4 is 33.4 Å². The van der Waals surface area contributed by atoms with Crippen LogP contribution in [0.1, 0.15) is 56.6 Å². The van der Waals surface area contributed by atoms with E-state index in [0.29, 0.717) is 17.7 Å². The third kappa shape index (κ3) is 5.03. The van der Waals surface area contributed by atoms with Gasteiger partial charge in [0.25, 0.3) is 0 Å². The van der Waals surface area contributed by atoms with E-state index in [1.165, 1.54) is 13.3 Å². The maximum Gasteiger partial charge on any atom is 0.414 e. The van der Waals surface area contributed by atoms with Gasteiger partial charge in [-0.05, 0) is 64.0 Å². The first-order valence-electron chi connectivity index (χ1n) is 11.7. The highest BCUT2D eigenvalue weighted by Crippen LogP contribution is 2.43. The van der Waals surface area contributed by atoms with Crippen molar-refractivity contribution in [1.29, 1.82) is 5.41 Å². The van der Waals surface area contributed by atoms with E-state index < -0.39 is 15.9 Å². The molecule has 33 heavy (non-hydrogen) atoms. The van der Waals surface area contributed by atoms with Crippen LogP contribution in [-0.2, 0) is 21.0 Å². The van der Waals surface area contributed by atoms with E-state index in [-0.39, 0.29) is 29.7 Å². The van der Waals surface area contributed by atoms with Crippen LogP contribution in [0.15, 0.2) is 18.3 Å². The number of benzene rings is 1. The van der Waals surface area contributed by atoms with Crippen LogP contribution in [0.5, 0.6) is 5.75 Å². The number of carbonyl (C=O) groups is 1. The van der Waals surface area contributed by atoms with Gasteiger partial charge in [-0.15, -0.1) is 0 Å². The predicted molar refractivity (Wildman–Crippen MR) is 129 cm³/mol. The van der Waals surface area contributed by atoms with Gasteiger partial charge in [-0.3, -0.25) is 4.90 Å². The van der Waals surface area contributed by atoms with E-state index in [9.17, 15) is 13.2 Å². The minimum absolute atomic E-state index is 0.0139. The third-order valence-corrected chi connectivity index (χ3v) is 8.68. The fourth-order valence-corrected chi connectivity index (χ4v) is 6.41. The van der Waals surface area contributed by atoms with Crippen LogP contribution in [-0.4, -0.2) is 57.5 Å². The Bertz CT molecular complexity index is 1050. The van der Waals surface area contributed by atoms with Gasteiger partial charge < -0.3 is 20.2 Å². The minimum atomic E-state index is -3.03.